The third kappa shape index (κ3) is 3.66. The molecular formula is C18H20FNS. The molecule has 0 amide bonds. The molecule has 1 fully saturated rings. The zero-order chi connectivity index (χ0) is 14.7. The van der Waals surface area contributed by atoms with Gasteiger partial charge in [-0.2, -0.15) is 0 Å². The molecular weight excluding hydrogens is 281 g/mol. The molecule has 110 valence electrons. The Balaban J connectivity index is 1.88. The van der Waals surface area contributed by atoms with Crippen LogP contribution in [0.15, 0.2) is 52.3 Å². The Labute approximate surface area is 130 Å². The summed E-state index contributed by atoms with van der Waals surface area (Å²) >= 11 is 1.67. The summed E-state index contributed by atoms with van der Waals surface area (Å²) in [7, 11) is 0. The molecule has 0 spiro atoms. The molecule has 1 heterocycles. The molecule has 0 unspecified atom stereocenters. The van der Waals surface area contributed by atoms with Crippen LogP contribution in [0.1, 0.15) is 29.9 Å². The fourth-order valence-electron chi connectivity index (χ4n) is 2.80. The average Bonchev–Trinajstić information content (AvgIpc) is 2.51. The van der Waals surface area contributed by atoms with E-state index in [4.69, 9.17) is 0 Å². The van der Waals surface area contributed by atoms with Crippen LogP contribution in [0.25, 0.3) is 0 Å². The third-order valence-corrected chi connectivity index (χ3v) is 5.08. The number of piperidine rings is 1. The van der Waals surface area contributed by atoms with Gasteiger partial charge >= 0.3 is 0 Å². The standard InChI is InChI=1S/C18H20FNS/c1-13-2-5-16(6-3-13)21-18-12-15(19)4-7-17(18)14-8-10-20-11-9-14/h2-7,12,14,20H,8-11H2,1H3. The Hall–Kier alpha value is -1.32. The van der Waals surface area contributed by atoms with Crippen LogP contribution in [0, 0.1) is 12.7 Å². The van der Waals surface area contributed by atoms with E-state index >= 15 is 0 Å². The van der Waals surface area contributed by atoms with Gasteiger partial charge in [0, 0.05) is 9.79 Å². The first kappa shape index (κ1) is 14.6. The first-order valence-electron chi connectivity index (χ1n) is 7.47. The monoisotopic (exact) mass is 301 g/mol. The summed E-state index contributed by atoms with van der Waals surface area (Å²) in [6, 6.07) is 13.7. The van der Waals surface area contributed by atoms with Crippen molar-refractivity contribution >= 4 is 11.8 Å². The van der Waals surface area contributed by atoms with E-state index in [2.05, 4.69) is 36.5 Å². The van der Waals surface area contributed by atoms with Crippen molar-refractivity contribution in [1.82, 2.24) is 5.32 Å². The largest absolute Gasteiger partial charge is 0.317 e. The quantitative estimate of drug-likeness (QED) is 0.878. The highest BCUT2D eigenvalue weighted by atomic mass is 32.2. The molecule has 1 aliphatic heterocycles. The van der Waals surface area contributed by atoms with Gasteiger partial charge in [-0.1, -0.05) is 35.5 Å². The summed E-state index contributed by atoms with van der Waals surface area (Å²) in [5.74, 6) is 0.391. The molecule has 0 atom stereocenters. The van der Waals surface area contributed by atoms with Gasteiger partial charge in [0.15, 0.2) is 0 Å². The Morgan fingerprint density at radius 3 is 2.48 bits per heavy atom. The lowest BCUT2D eigenvalue weighted by atomic mass is 9.90. The lowest BCUT2D eigenvalue weighted by Gasteiger charge is -2.25. The summed E-state index contributed by atoms with van der Waals surface area (Å²) in [6.45, 7) is 4.18. The number of benzene rings is 2. The van der Waals surface area contributed by atoms with Crippen LogP contribution in [-0.2, 0) is 0 Å². The molecule has 0 bridgehead atoms. The molecule has 1 aliphatic rings. The van der Waals surface area contributed by atoms with E-state index in [0.29, 0.717) is 5.92 Å². The van der Waals surface area contributed by atoms with Crippen molar-refractivity contribution in [3.8, 4) is 0 Å². The maximum Gasteiger partial charge on any atom is 0.124 e. The van der Waals surface area contributed by atoms with E-state index in [1.54, 1.807) is 23.9 Å². The Bertz CT molecular complexity index is 603. The molecule has 0 aliphatic carbocycles. The van der Waals surface area contributed by atoms with Crippen LogP contribution in [0.4, 0.5) is 4.39 Å². The Kier molecular flexibility index (Phi) is 4.61. The highest BCUT2D eigenvalue weighted by Gasteiger charge is 2.19. The highest BCUT2D eigenvalue weighted by molar-refractivity contribution is 7.99. The molecule has 0 radical (unpaired) electrons. The minimum atomic E-state index is -0.151. The Morgan fingerprint density at radius 2 is 1.76 bits per heavy atom. The van der Waals surface area contributed by atoms with Gasteiger partial charge in [0.2, 0.25) is 0 Å². The molecule has 1 N–H and O–H groups in total. The molecule has 0 aromatic heterocycles. The summed E-state index contributed by atoms with van der Waals surface area (Å²) in [5, 5.41) is 3.39. The second kappa shape index (κ2) is 6.63. The number of nitrogens with one attached hydrogen (secondary N) is 1. The van der Waals surface area contributed by atoms with Crippen molar-refractivity contribution in [1.29, 1.82) is 0 Å². The van der Waals surface area contributed by atoms with Crippen molar-refractivity contribution in [3.63, 3.8) is 0 Å². The van der Waals surface area contributed by atoms with Gasteiger partial charge in [0.1, 0.15) is 5.82 Å². The van der Waals surface area contributed by atoms with Crippen LogP contribution >= 0.6 is 11.8 Å². The van der Waals surface area contributed by atoms with E-state index in [-0.39, 0.29) is 5.82 Å². The number of aryl methyl sites for hydroxylation is 1. The minimum absolute atomic E-state index is 0.151. The van der Waals surface area contributed by atoms with Crippen molar-refractivity contribution < 1.29 is 4.39 Å². The van der Waals surface area contributed by atoms with Gasteiger partial charge < -0.3 is 5.32 Å². The summed E-state index contributed by atoms with van der Waals surface area (Å²) < 4.78 is 13.7. The normalized spacial score (nSPS) is 16.1. The average molecular weight is 301 g/mol. The van der Waals surface area contributed by atoms with Crippen LogP contribution in [0.2, 0.25) is 0 Å². The Morgan fingerprint density at radius 1 is 1.05 bits per heavy atom. The van der Waals surface area contributed by atoms with E-state index in [0.717, 1.165) is 30.8 Å². The summed E-state index contributed by atoms with van der Waals surface area (Å²) in [5.41, 5.74) is 2.54. The molecule has 21 heavy (non-hydrogen) atoms. The predicted molar refractivity (Wildman–Crippen MR) is 86.5 cm³/mol. The van der Waals surface area contributed by atoms with Gasteiger partial charge in [-0.05, 0) is 68.6 Å². The smallest absolute Gasteiger partial charge is 0.124 e. The molecule has 1 saturated heterocycles. The summed E-state index contributed by atoms with van der Waals surface area (Å²) in [4.78, 5) is 2.23. The molecule has 2 aromatic rings. The number of hydrogen-bond acceptors (Lipinski definition) is 2. The second-order valence-corrected chi connectivity index (χ2v) is 6.74. The van der Waals surface area contributed by atoms with Gasteiger partial charge in [-0.3, -0.25) is 0 Å². The number of rotatable bonds is 3. The summed E-state index contributed by atoms with van der Waals surface area (Å²) in [6.07, 6.45) is 2.26. The third-order valence-electron chi connectivity index (χ3n) is 4.00. The second-order valence-electron chi connectivity index (χ2n) is 5.62. The lowest BCUT2D eigenvalue weighted by molar-refractivity contribution is 0.455. The maximum absolute atomic E-state index is 13.7. The van der Waals surface area contributed by atoms with E-state index in [9.17, 15) is 4.39 Å². The fraction of sp³-hybridized carbons (Fsp3) is 0.333. The van der Waals surface area contributed by atoms with Crippen molar-refractivity contribution in [2.75, 3.05) is 13.1 Å². The fourth-order valence-corrected chi connectivity index (χ4v) is 3.85. The minimum Gasteiger partial charge on any atom is -0.317 e. The van der Waals surface area contributed by atoms with E-state index < -0.39 is 0 Å². The lowest BCUT2D eigenvalue weighted by Crippen LogP contribution is -2.26. The van der Waals surface area contributed by atoms with Crippen LogP contribution in [0.3, 0.4) is 0 Å². The SMILES string of the molecule is Cc1ccc(Sc2cc(F)ccc2C2CCNCC2)cc1. The first-order valence-corrected chi connectivity index (χ1v) is 8.29. The van der Waals surface area contributed by atoms with Gasteiger partial charge in [-0.15, -0.1) is 0 Å². The van der Waals surface area contributed by atoms with E-state index in [1.165, 1.54) is 16.0 Å². The zero-order valence-corrected chi connectivity index (χ0v) is 13.0. The van der Waals surface area contributed by atoms with Gasteiger partial charge in [-0.25, -0.2) is 4.39 Å². The topological polar surface area (TPSA) is 12.0 Å². The molecule has 3 rings (SSSR count). The van der Waals surface area contributed by atoms with Crippen molar-refractivity contribution in [3.05, 3.63) is 59.4 Å². The highest BCUT2D eigenvalue weighted by Crippen LogP contribution is 2.37. The molecule has 1 nitrogen and oxygen atoms in total. The zero-order valence-electron chi connectivity index (χ0n) is 12.2. The van der Waals surface area contributed by atoms with Crippen LogP contribution in [0.5, 0.6) is 0 Å². The van der Waals surface area contributed by atoms with Gasteiger partial charge in [0.25, 0.3) is 0 Å². The first-order chi connectivity index (χ1) is 10.2. The van der Waals surface area contributed by atoms with Crippen molar-refractivity contribution in [2.24, 2.45) is 0 Å². The predicted octanol–water partition coefficient (Wildman–Crippen LogP) is 4.75. The molecule has 0 saturated carbocycles. The van der Waals surface area contributed by atoms with Gasteiger partial charge in [0.05, 0.1) is 0 Å². The number of halogens is 1. The number of hydrogen-bond donors (Lipinski definition) is 1. The molecule has 3 heteroatoms. The van der Waals surface area contributed by atoms with Crippen LogP contribution < -0.4 is 5.32 Å². The van der Waals surface area contributed by atoms with Crippen molar-refractivity contribution in [2.45, 2.75) is 35.5 Å². The van der Waals surface area contributed by atoms with Crippen LogP contribution in [-0.4, -0.2) is 13.1 Å². The maximum atomic E-state index is 13.7. The van der Waals surface area contributed by atoms with E-state index in [1.807, 2.05) is 6.07 Å². The molecule has 2 aromatic carbocycles.